The Morgan fingerprint density at radius 2 is 2.00 bits per heavy atom. The van der Waals surface area contributed by atoms with E-state index in [0.717, 1.165) is 12.2 Å². The molecule has 0 bridgehead atoms. The quantitative estimate of drug-likeness (QED) is 0.881. The van der Waals surface area contributed by atoms with E-state index in [1.165, 1.54) is 19.3 Å². The van der Waals surface area contributed by atoms with Gasteiger partial charge in [-0.3, -0.25) is 9.59 Å². The molecule has 1 saturated carbocycles. The number of carbonyl (C=O) groups excluding carboxylic acids is 2. The van der Waals surface area contributed by atoms with Crippen molar-refractivity contribution in [2.75, 3.05) is 11.4 Å². The molecule has 1 heterocycles. The molecule has 0 saturated heterocycles. The Bertz CT molecular complexity index is 523. The van der Waals surface area contributed by atoms with Crippen molar-refractivity contribution in [1.82, 2.24) is 5.32 Å². The predicted octanol–water partition coefficient (Wildman–Crippen LogP) is 1.95. The number of nitrogens with zero attached hydrogens (tertiary/aromatic N) is 1. The average molecular weight is 258 g/mol. The number of para-hydroxylation sites is 1. The molecule has 3 rings (SSSR count). The lowest BCUT2D eigenvalue weighted by molar-refractivity contribution is -0.120. The van der Waals surface area contributed by atoms with Crippen LogP contribution in [0.4, 0.5) is 5.69 Å². The van der Waals surface area contributed by atoms with Gasteiger partial charge < -0.3 is 10.2 Å². The highest BCUT2D eigenvalue weighted by Gasteiger charge is 2.33. The van der Waals surface area contributed by atoms with E-state index < -0.39 is 6.04 Å². The maximum Gasteiger partial charge on any atom is 0.254 e. The Labute approximate surface area is 112 Å². The van der Waals surface area contributed by atoms with Gasteiger partial charge in [0, 0.05) is 6.54 Å². The van der Waals surface area contributed by atoms with Crippen molar-refractivity contribution in [2.24, 2.45) is 5.92 Å². The van der Waals surface area contributed by atoms with Gasteiger partial charge in [-0.25, -0.2) is 0 Å². The maximum absolute atomic E-state index is 12.4. The summed E-state index contributed by atoms with van der Waals surface area (Å²) in [4.78, 5) is 26.3. The van der Waals surface area contributed by atoms with Crippen molar-refractivity contribution < 1.29 is 9.59 Å². The summed E-state index contributed by atoms with van der Waals surface area (Å²) in [6, 6.07) is 6.90. The normalized spacial score (nSPS) is 23.4. The number of fused-ring (bicyclic) bond motifs is 1. The Morgan fingerprint density at radius 1 is 1.26 bits per heavy atom. The van der Waals surface area contributed by atoms with E-state index in [9.17, 15) is 9.59 Å². The molecule has 1 aliphatic heterocycles. The van der Waals surface area contributed by atoms with Gasteiger partial charge in [0.05, 0.1) is 11.3 Å². The minimum absolute atomic E-state index is 0.00907. The Kier molecular flexibility index (Phi) is 3.01. The number of rotatable bonds is 2. The Balaban J connectivity index is 1.99. The molecule has 1 atom stereocenters. The number of hydrogen-bond donors (Lipinski definition) is 1. The standard InChI is InChI=1S/C15H18N2O2/c1-10-15(19)17(9-11-5-4-6-11)13-8-3-2-7-12(13)14(18)16-10/h2-3,7-8,10-11H,4-6,9H2,1H3,(H,16,18). The summed E-state index contributed by atoms with van der Waals surface area (Å²) in [5.41, 5.74) is 1.35. The lowest BCUT2D eigenvalue weighted by Crippen LogP contribution is -2.46. The first kappa shape index (κ1) is 12.2. The number of hydrogen-bond acceptors (Lipinski definition) is 2. The first-order chi connectivity index (χ1) is 9.16. The van der Waals surface area contributed by atoms with Crippen molar-refractivity contribution in [3.05, 3.63) is 29.8 Å². The van der Waals surface area contributed by atoms with Gasteiger partial charge in [0.2, 0.25) is 5.91 Å². The fourth-order valence-electron chi connectivity index (χ4n) is 2.71. The first-order valence-electron chi connectivity index (χ1n) is 6.88. The second kappa shape index (κ2) is 4.68. The van der Waals surface area contributed by atoms with Crippen molar-refractivity contribution in [3.8, 4) is 0 Å². The van der Waals surface area contributed by atoms with Crippen LogP contribution in [0.2, 0.25) is 0 Å². The van der Waals surface area contributed by atoms with Crippen LogP contribution in [-0.2, 0) is 4.79 Å². The van der Waals surface area contributed by atoms with E-state index >= 15 is 0 Å². The molecule has 1 aromatic carbocycles. The van der Waals surface area contributed by atoms with Crippen molar-refractivity contribution in [2.45, 2.75) is 32.2 Å². The van der Waals surface area contributed by atoms with Gasteiger partial charge in [0.15, 0.2) is 0 Å². The van der Waals surface area contributed by atoms with Crippen LogP contribution in [0.3, 0.4) is 0 Å². The number of carbonyl (C=O) groups is 2. The van der Waals surface area contributed by atoms with Crippen LogP contribution in [0.25, 0.3) is 0 Å². The molecule has 19 heavy (non-hydrogen) atoms. The van der Waals surface area contributed by atoms with Crippen LogP contribution in [0.5, 0.6) is 0 Å². The van der Waals surface area contributed by atoms with E-state index in [1.54, 1.807) is 17.9 Å². The molecule has 0 aromatic heterocycles. The zero-order valence-corrected chi connectivity index (χ0v) is 11.1. The summed E-state index contributed by atoms with van der Waals surface area (Å²) in [5.74, 6) is 0.412. The third kappa shape index (κ3) is 2.11. The third-order valence-corrected chi connectivity index (χ3v) is 4.09. The van der Waals surface area contributed by atoms with Gasteiger partial charge in [-0.1, -0.05) is 18.6 Å². The first-order valence-corrected chi connectivity index (χ1v) is 6.88. The summed E-state index contributed by atoms with van der Waals surface area (Å²) in [5, 5.41) is 2.76. The van der Waals surface area contributed by atoms with Gasteiger partial charge in [-0.05, 0) is 37.8 Å². The number of amides is 2. The van der Waals surface area contributed by atoms with E-state index in [4.69, 9.17) is 0 Å². The van der Waals surface area contributed by atoms with Gasteiger partial charge in [0.1, 0.15) is 6.04 Å². The summed E-state index contributed by atoms with van der Waals surface area (Å²) < 4.78 is 0. The van der Waals surface area contributed by atoms with E-state index in [-0.39, 0.29) is 11.8 Å². The molecular weight excluding hydrogens is 240 g/mol. The molecule has 1 aromatic rings. The maximum atomic E-state index is 12.4. The van der Waals surface area contributed by atoms with Crippen LogP contribution in [-0.4, -0.2) is 24.4 Å². The van der Waals surface area contributed by atoms with Gasteiger partial charge in [0.25, 0.3) is 5.91 Å². The second-order valence-corrected chi connectivity index (χ2v) is 5.46. The van der Waals surface area contributed by atoms with Crippen LogP contribution < -0.4 is 10.2 Å². The fourth-order valence-corrected chi connectivity index (χ4v) is 2.71. The largest absolute Gasteiger partial charge is 0.340 e. The van der Waals surface area contributed by atoms with E-state index in [0.29, 0.717) is 11.5 Å². The molecule has 4 heteroatoms. The minimum atomic E-state index is -0.458. The predicted molar refractivity (Wildman–Crippen MR) is 73.1 cm³/mol. The van der Waals surface area contributed by atoms with Gasteiger partial charge in [-0.2, -0.15) is 0 Å². The highest BCUT2D eigenvalue weighted by Crippen LogP contribution is 2.31. The number of nitrogens with one attached hydrogen (secondary N) is 1. The zero-order valence-electron chi connectivity index (χ0n) is 11.1. The summed E-state index contributed by atoms with van der Waals surface area (Å²) >= 11 is 0. The third-order valence-electron chi connectivity index (χ3n) is 4.09. The molecule has 1 aliphatic carbocycles. The molecule has 1 unspecified atom stereocenters. The smallest absolute Gasteiger partial charge is 0.254 e. The highest BCUT2D eigenvalue weighted by atomic mass is 16.2. The molecule has 1 N–H and O–H groups in total. The topological polar surface area (TPSA) is 49.4 Å². The summed E-state index contributed by atoms with van der Waals surface area (Å²) in [6.07, 6.45) is 3.62. The summed E-state index contributed by atoms with van der Waals surface area (Å²) in [7, 11) is 0. The molecule has 4 nitrogen and oxygen atoms in total. The fraction of sp³-hybridized carbons (Fsp3) is 0.467. The molecule has 2 amide bonds. The second-order valence-electron chi connectivity index (χ2n) is 5.46. The van der Waals surface area contributed by atoms with Gasteiger partial charge in [-0.15, -0.1) is 0 Å². The van der Waals surface area contributed by atoms with Crippen LogP contribution in [0, 0.1) is 5.92 Å². The van der Waals surface area contributed by atoms with Crippen LogP contribution in [0.1, 0.15) is 36.5 Å². The van der Waals surface area contributed by atoms with E-state index in [1.807, 2.05) is 18.2 Å². The highest BCUT2D eigenvalue weighted by molar-refractivity contribution is 6.10. The zero-order chi connectivity index (χ0) is 13.4. The lowest BCUT2D eigenvalue weighted by atomic mass is 9.85. The Hall–Kier alpha value is -1.84. The average Bonchev–Trinajstić information content (AvgIpc) is 2.44. The monoisotopic (exact) mass is 258 g/mol. The van der Waals surface area contributed by atoms with Crippen molar-refractivity contribution in [1.29, 1.82) is 0 Å². The Morgan fingerprint density at radius 3 is 2.68 bits per heavy atom. The van der Waals surface area contributed by atoms with Crippen molar-refractivity contribution >= 4 is 17.5 Å². The minimum Gasteiger partial charge on any atom is -0.340 e. The number of anilines is 1. The van der Waals surface area contributed by atoms with E-state index in [2.05, 4.69) is 5.32 Å². The van der Waals surface area contributed by atoms with Crippen LogP contribution >= 0.6 is 0 Å². The van der Waals surface area contributed by atoms with Gasteiger partial charge >= 0.3 is 0 Å². The lowest BCUT2D eigenvalue weighted by Gasteiger charge is -2.33. The van der Waals surface area contributed by atoms with Crippen molar-refractivity contribution in [3.63, 3.8) is 0 Å². The molecule has 1 fully saturated rings. The molecule has 0 radical (unpaired) electrons. The van der Waals surface area contributed by atoms with Crippen LogP contribution in [0.15, 0.2) is 24.3 Å². The SMILES string of the molecule is CC1NC(=O)c2ccccc2N(CC2CCC2)C1=O. The summed E-state index contributed by atoms with van der Waals surface area (Å²) in [6.45, 7) is 2.48. The molecule has 0 spiro atoms. The number of benzene rings is 1. The molecular formula is C15H18N2O2. The molecule has 100 valence electrons. The molecule has 2 aliphatic rings.